The van der Waals surface area contributed by atoms with E-state index in [0.717, 1.165) is 5.82 Å². The maximum atomic E-state index is 4.31. The zero-order chi connectivity index (χ0) is 14.1. The Hall–Kier alpha value is -1.65. The topological polar surface area (TPSA) is 40.7 Å². The first-order valence-electron chi connectivity index (χ1n) is 6.90. The fourth-order valence-corrected chi connectivity index (χ4v) is 3.87. The van der Waals surface area contributed by atoms with Crippen molar-refractivity contribution in [1.29, 1.82) is 0 Å². The minimum atomic E-state index is 0.213. The molecule has 2 unspecified atom stereocenters. The first-order chi connectivity index (χ1) is 9.66. The van der Waals surface area contributed by atoms with Crippen molar-refractivity contribution in [1.82, 2.24) is 15.3 Å². The summed E-state index contributed by atoms with van der Waals surface area (Å²) in [7, 11) is 0. The molecule has 0 aliphatic rings. The van der Waals surface area contributed by atoms with Crippen LogP contribution in [0.15, 0.2) is 36.7 Å². The molecule has 0 saturated heterocycles. The third-order valence-corrected chi connectivity index (χ3v) is 5.16. The molecule has 4 heteroatoms. The summed E-state index contributed by atoms with van der Waals surface area (Å²) in [5, 5.41) is 4.98. The number of aromatic amines is 1. The number of hydrogen-bond donors (Lipinski definition) is 2. The van der Waals surface area contributed by atoms with Crippen LogP contribution in [0, 0.1) is 6.92 Å². The molecule has 3 nitrogen and oxygen atoms in total. The number of imidazole rings is 1. The van der Waals surface area contributed by atoms with Crippen molar-refractivity contribution in [3.8, 4) is 0 Å². The van der Waals surface area contributed by atoms with Gasteiger partial charge >= 0.3 is 0 Å². The van der Waals surface area contributed by atoms with Crippen molar-refractivity contribution in [2.75, 3.05) is 0 Å². The van der Waals surface area contributed by atoms with Gasteiger partial charge in [0.05, 0.1) is 6.04 Å². The molecule has 2 atom stereocenters. The molecule has 0 bridgehead atoms. The van der Waals surface area contributed by atoms with E-state index in [1.54, 1.807) is 6.20 Å². The number of nitrogens with one attached hydrogen (secondary N) is 2. The Bertz CT molecular complexity index is 700. The molecule has 0 radical (unpaired) electrons. The molecule has 1 aromatic carbocycles. The van der Waals surface area contributed by atoms with Gasteiger partial charge in [-0.3, -0.25) is 0 Å². The minimum Gasteiger partial charge on any atom is -0.347 e. The number of hydrogen-bond acceptors (Lipinski definition) is 3. The predicted molar refractivity (Wildman–Crippen MR) is 85.1 cm³/mol. The van der Waals surface area contributed by atoms with Crippen LogP contribution in [-0.4, -0.2) is 9.97 Å². The summed E-state index contributed by atoms with van der Waals surface area (Å²) in [4.78, 5) is 8.89. The van der Waals surface area contributed by atoms with Crippen LogP contribution in [0.1, 0.15) is 42.2 Å². The van der Waals surface area contributed by atoms with Crippen molar-refractivity contribution in [2.24, 2.45) is 0 Å². The normalized spacial score (nSPS) is 14.6. The molecule has 3 aromatic rings. The molecule has 2 N–H and O–H groups in total. The van der Waals surface area contributed by atoms with Gasteiger partial charge in [-0.1, -0.05) is 18.2 Å². The lowest BCUT2D eigenvalue weighted by Crippen LogP contribution is -2.23. The first kappa shape index (κ1) is 13.3. The molecule has 104 valence electrons. The number of benzene rings is 1. The van der Waals surface area contributed by atoms with E-state index in [1.165, 1.54) is 20.5 Å². The van der Waals surface area contributed by atoms with Crippen molar-refractivity contribution in [2.45, 2.75) is 32.9 Å². The molecule has 0 aliphatic heterocycles. The molecule has 0 aliphatic carbocycles. The molecular weight excluding hydrogens is 266 g/mol. The van der Waals surface area contributed by atoms with Gasteiger partial charge in [0.1, 0.15) is 5.82 Å². The van der Waals surface area contributed by atoms with Crippen LogP contribution in [0.5, 0.6) is 0 Å². The van der Waals surface area contributed by atoms with Crippen molar-refractivity contribution >= 4 is 21.4 Å². The second-order valence-corrected chi connectivity index (χ2v) is 6.26. The zero-order valence-electron chi connectivity index (χ0n) is 12.0. The fourth-order valence-electron chi connectivity index (χ4n) is 2.65. The van der Waals surface area contributed by atoms with E-state index in [2.05, 4.69) is 60.3 Å². The van der Waals surface area contributed by atoms with E-state index in [-0.39, 0.29) is 6.04 Å². The Morgan fingerprint density at radius 1 is 1.20 bits per heavy atom. The highest BCUT2D eigenvalue weighted by Crippen LogP contribution is 2.35. The van der Waals surface area contributed by atoms with E-state index >= 15 is 0 Å². The molecule has 2 aromatic heterocycles. The van der Waals surface area contributed by atoms with Gasteiger partial charge in [0.25, 0.3) is 0 Å². The smallest absolute Gasteiger partial charge is 0.122 e. The van der Waals surface area contributed by atoms with Crippen LogP contribution in [0.2, 0.25) is 0 Å². The van der Waals surface area contributed by atoms with Crippen LogP contribution >= 0.6 is 11.3 Å². The molecule has 0 spiro atoms. The highest BCUT2D eigenvalue weighted by Gasteiger charge is 2.17. The summed E-state index contributed by atoms with van der Waals surface area (Å²) in [6.45, 7) is 6.57. The molecule has 0 amide bonds. The summed E-state index contributed by atoms with van der Waals surface area (Å²) in [6.07, 6.45) is 3.66. The lowest BCUT2D eigenvalue weighted by Gasteiger charge is -2.18. The Morgan fingerprint density at radius 2 is 2.00 bits per heavy atom. The molecule has 0 saturated carbocycles. The van der Waals surface area contributed by atoms with E-state index in [1.807, 2.05) is 17.5 Å². The summed E-state index contributed by atoms with van der Waals surface area (Å²) in [5.41, 5.74) is 1.39. The lowest BCUT2D eigenvalue weighted by atomic mass is 10.1. The van der Waals surface area contributed by atoms with Crippen LogP contribution in [0.4, 0.5) is 0 Å². The molecular formula is C16H19N3S. The van der Waals surface area contributed by atoms with Crippen molar-refractivity contribution in [3.63, 3.8) is 0 Å². The largest absolute Gasteiger partial charge is 0.347 e. The van der Waals surface area contributed by atoms with Gasteiger partial charge in [-0.05, 0) is 37.8 Å². The maximum absolute atomic E-state index is 4.31. The van der Waals surface area contributed by atoms with Gasteiger partial charge in [0.2, 0.25) is 0 Å². The molecule has 0 fully saturated rings. The van der Waals surface area contributed by atoms with Crippen LogP contribution in [-0.2, 0) is 0 Å². The van der Waals surface area contributed by atoms with Crippen LogP contribution < -0.4 is 5.32 Å². The predicted octanol–water partition coefficient (Wildman–Crippen LogP) is 4.34. The van der Waals surface area contributed by atoms with E-state index in [0.29, 0.717) is 6.04 Å². The summed E-state index contributed by atoms with van der Waals surface area (Å²) in [6, 6.07) is 9.13. The van der Waals surface area contributed by atoms with Crippen LogP contribution in [0.25, 0.3) is 10.1 Å². The third-order valence-electron chi connectivity index (χ3n) is 3.70. The molecule has 3 rings (SSSR count). The molecule has 20 heavy (non-hydrogen) atoms. The average molecular weight is 285 g/mol. The summed E-state index contributed by atoms with van der Waals surface area (Å²) < 4.78 is 1.36. The SMILES string of the molecule is Cc1c(C(C)NC(C)c2ncc[nH]2)sc2ccccc12. The van der Waals surface area contributed by atoms with Gasteiger partial charge in [-0.25, -0.2) is 4.98 Å². The maximum Gasteiger partial charge on any atom is 0.122 e. The van der Waals surface area contributed by atoms with Crippen LogP contribution in [0.3, 0.4) is 0 Å². The van der Waals surface area contributed by atoms with Gasteiger partial charge in [-0.15, -0.1) is 11.3 Å². The van der Waals surface area contributed by atoms with E-state index < -0.39 is 0 Å². The summed E-state index contributed by atoms with van der Waals surface area (Å²) >= 11 is 1.88. The number of rotatable bonds is 4. The van der Waals surface area contributed by atoms with Crippen molar-refractivity contribution in [3.05, 3.63) is 52.9 Å². The minimum absolute atomic E-state index is 0.213. The fraction of sp³-hybridized carbons (Fsp3) is 0.312. The quantitative estimate of drug-likeness (QED) is 0.748. The second kappa shape index (κ2) is 5.38. The van der Waals surface area contributed by atoms with Crippen molar-refractivity contribution < 1.29 is 0 Å². The zero-order valence-corrected chi connectivity index (χ0v) is 12.8. The van der Waals surface area contributed by atoms with Gasteiger partial charge in [-0.2, -0.15) is 0 Å². The summed E-state index contributed by atoms with van der Waals surface area (Å²) in [5.74, 6) is 0.982. The Kier molecular flexibility index (Phi) is 3.59. The number of thiophene rings is 1. The monoisotopic (exact) mass is 285 g/mol. The highest BCUT2D eigenvalue weighted by molar-refractivity contribution is 7.19. The number of aromatic nitrogens is 2. The Morgan fingerprint density at radius 3 is 2.70 bits per heavy atom. The first-order valence-corrected chi connectivity index (χ1v) is 7.72. The number of H-pyrrole nitrogens is 1. The lowest BCUT2D eigenvalue weighted by molar-refractivity contribution is 0.483. The number of aryl methyl sites for hydroxylation is 1. The Labute approximate surface area is 123 Å². The van der Waals surface area contributed by atoms with Gasteiger partial charge in [0, 0.05) is 28.0 Å². The highest BCUT2D eigenvalue weighted by atomic mass is 32.1. The van der Waals surface area contributed by atoms with E-state index in [9.17, 15) is 0 Å². The third kappa shape index (κ3) is 2.37. The van der Waals surface area contributed by atoms with Gasteiger partial charge in [0.15, 0.2) is 0 Å². The number of fused-ring (bicyclic) bond motifs is 1. The Balaban J connectivity index is 1.85. The number of nitrogens with zero attached hydrogens (tertiary/aromatic N) is 1. The van der Waals surface area contributed by atoms with Gasteiger partial charge < -0.3 is 10.3 Å². The average Bonchev–Trinajstić information content (AvgIpc) is 3.07. The van der Waals surface area contributed by atoms with E-state index in [4.69, 9.17) is 0 Å². The second-order valence-electron chi connectivity index (χ2n) is 5.17. The molecule has 2 heterocycles. The standard InChI is InChI=1S/C16H19N3S/c1-10-13-6-4-5-7-14(13)20-15(10)11(2)19-12(3)16-17-8-9-18-16/h4-9,11-12,19H,1-3H3,(H,17,18).